The summed E-state index contributed by atoms with van der Waals surface area (Å²) in [6.07, 6.45) is 38.1. The lowest BCUT2D eigenvalue weighted by molar-refractivity contribution is -0.167. The number of hydrogen-bond donors (Lipinski definition) is 0. The molecule has 0 aliphatic carbocycles. The molecule has 0 radical (unpaired) electrons. The lowest BCUT2D eigenvalue weighted by atomic mass is 10.0. The predicted octanol–water partition coefficient (Wildman–Crippen LogP) is 13.9. The molecule has 0 N–H and O–H groups in total. The molecule has 0 rings (SSSR count). The summed E-state index contributed by atoms with van der Waals surface area (Å²) in [7, 11) is 0. The maximum atomic E-state index is 12.6. The van der Waals surface area contributed by atoms with Gasteiger partial charge in [0.1, 0.15) is 13.2 Å². The van der Waals surface area contributed by atoms with Gasteiger partial charge in [0, 0.05) is 19.3 Å². The highest BCUT2D eigenvalue weighted by Gasteiger charge is 2.19. The fourth-order valence-electron chi connectivity index (χ4n) is 6.63. The van der Waals surface area contributed by atoms with Gasteiger partial charge in [0.05, 0.1) is 0 Å². The molecule has 0 aromatic carbocycles. The van der Waals surface area contributed by atoms with Gasteiger partial charge in [0.2, 0.25) is 0 Å². The van der Waals surface area contributed by atoms with Crippen molar-refractivity contribution in [3.63, 3.8) is 0 Å². The van der Waals surface area contributed by atoms with Crippen LogP contribution >= 0.6 is 0 Å². The SMILES string of the molecule is CCCCCCCCCCCCC(=O)O[C@H](COC(=O)CCCCCCCCC)COC(=O)CCCCCCCCCCCCCCCC(C)C. The average molecular weight is 723 g/mol. The molecule has 0 amide bonds. The van der Waals surface area contributed by atoms with Crippen LogP contribution in [0.2, 0.25) is 0 Å². The van der Waals surface area contributed by atoms with E-state index in [-0.39, 0.29) is 31.1 Å². The molecule has 0 aromatic heterocycles. The van der Waals surface area contributed by atoms with Crippen molar-refractivity contribution < 1.29 is 28.6 Å². The normalized spacial score (nSPS) is 11.9. The van der Waals surface area contributed by atoms with Gasteiger partial charge in [-0.1, -0.05) is 207 Å². The molecule has 0 heterocycles. The first kappa shape index (κ1) is 49.4. The zero-order valence-electron chi connectivity index (χ0n) is 34.6. The molecule has 0 fully saturated rings. The molecule has 0 aromatic rings. The minimum atomic E-state index is -0.757. The molecule has 0 saturated carbocycles. The summed E-state index contributed by atoms with van der Waals surface area (Å²) >= 11 is 0. The maximum Gasteiger partial charge on any atom is 0.306 e. The minimum absolute atomic E-state index is 0.0642. The molecular formula is C45H86O6. The summed E-state index contributed by atoms with van der Waals surface area (Å²) in [6, 6.07) is 0. The Kier molecular flexibility index (Phi) is 38.4. The highest BCUT2D eigenvalue weighted by atomic mass is 16.6. The summed E-state index contributed by atoms with van der Waals surface area (Å²) in [6.45, 7) is 8.95. The Bertz CT molecular complexity index is 766. The van der Waals surface area contributed by atoms with Crippen molar-refractivity contribution >= 4 is 17.9 Å². The molecule has 0 unspecified atom stereocenters. The number of esters is 3. The second kappa shape index (κ2) is 39.6. The Morgan fingerprint density at radius 3 is 0.961 bits per heavy atom. The quantitative estimate of drug-likeness (QED) is 0.0356. The Morgan fingerprint density at radius 1 is 0.373 bits per heavy atom. The molecule has 51 heavy (non-hydrogen) atoms. The van der Waals surface area contributed by atoms with Crippen molar-refractivity contribution in [2.75, 3.05) is 13.2 Å². The lowest BCUT2D eigenvalue weighted by Crippen LogP contribution is -2.30. The molecule has 0 aliphatic heterocycles. The molecule has 6 nitrogen and oxygen atoms in total. The van der Waals surface area contributed by atoms with Crippen LogP contribution in [0.15, 0.2) is 0 Å². The summed E-state index contributed by atoms with van der Waals surface area (Å²) < 4.78 is 16.6. The molecular weight excluding hydrogens is 636 g/mol. The zero-order chi connectivity index (χ0) is 37.5. The monoisotopic (exact) mass is 723 g/mol. The smallest absolute Gasteiger partial charge is 0.306 e. The van der Waals surface area contributed by atoms with Gasteiger partial charge < -0.3 is 14.2 Å². The fourth-order valence-corrected chi connectivity index (χ4v) is 6.63. The van der Waals surface area contributed by atoms with E-state index in [0.717, 1.165) is 63.7 Å². The van der Waals surface area contributed by atoms with E-state index < -0.39 is 6.10 Å². The first-order valence-corrected chi connectivity index (χ1v) is 22.4. The van der Waals surface area contributed by atoms with Gasteiger partial charge >= 0.3 is 17.9 Å². The van der Waals surface area contributed by atoms with Gasteiger partial charge in [-0.25, -0.2) is 0 Å². The lowest BCUT2D eigenvalue weighted by Gasteiger charge is -2.18. The standard InChI is InChI=1S/C45H86O6/c1-5-7-9-11-13-14-21-26-30-34-38-45(48)51-42(39-49-43(46)36-32-28-23-12-10-8-6-2)40-50-44(47)37-33-29-25-22-19-17-15-16-18-20-24-27-31-35-41(3)4/h41-42H,5-40H2,1-4H3/t42-/m1/s1. The van der Waals surface area contributed by atoms with E-state index in [1.807, 2.05) is 0 Å². The number of hydrogen-bond acceptors (Lipinski definition) is 6. The van der Waals surface area contributed by atoms with Crippen LogP contribution in [0, 0.1) is 5.92 Å². The Morgan fingerprint density at radius 2 is 0.647 bits per heavy atom. The zero-order valence-corrected chi connectivity index (χ0v) is 34.6. The molecule has 1 atom stereocenters. The third-order valence-electron chi connectivity index (χ3n) is 10.0. The third-order valence-corrected chi connectivity index (χ3v) is 10.0. The van der Waals surface area contributed by atoms with Crippen molar-refractivity contribution in [2.45, 2.75) is 252 Å². The van der Waals surface area contributed by atoms with Gasteiger partial charge in [0.25, 0.3) is 0 Å². The molecule has 0 saturated heterocycles. The molecule has 302 valence electrons. The van der Waals surface area contributed by atoms with Crippen molar-refractivity contribution in [1.82, 2.24) is 0 Å². The topological polar surface area (TPSA) is 78.9 Å². The summed E-state index contributed by atoms with van der Waals surface area (Å²) in [5, 5.41) is 0. The number of unbranched alkanes of at least 4 members (excludes halogenated alkanes) is 27. The van der Waals surface area contributed by atoms with E-state index in [2.05, 4.69) is 27.7 Å². The summed E-state index contributed by atoms with van der Waals surface area (Å²) in [4.78, 5) is 37.5. The van der Waals surface area contributed by atoms with Crippen molar-refractivity contribution in [3.05, 3.63) is 0 Å². The molecule has 6 heteroatoms. The summed E-state index contributed by atoms with van der Waals surface area (Å²) in [5.41, 5.74) is 0. The van der Waals surface area contributed by atoms with Crippen LogP contribution in [0.1, 0.15) is 246 Å². The third kappa shape index (κ3) is 39.5. The van der Waals surface area contributed by atoms with Crippen LogP contribution in [0.4, 0.5) is 0 Å². The Hall–Kier alpha value is -1.59. The van der Waals surface area contributed by atoms with Gasteiger partial charge in [-0.2, -0.15) is 0 Å². The van der Waals surface area contributed by atoms with E-state index in [9.17, 15) is 14.4 Å². The van der Waals surface area contributed by atoms with Crippen molar-refractivity contribution in [1.29, 1.82) is 0 Å². The van der Waals surface area contributed by atoms with Crippen LogP contribution in [0.25, 0.3) is 0 Å². The predicted molar refractivity (Wildman–Crippen MR) is 215 cm³/mol. The van der Waals surface area contributed by atoms with Crippen molar-refractivity contribution in [3.8, 4) is 0 Å². The molecule has 0 spiro atoms. The second-order valence-corrected chi connectivity index (χ2v) is 15.8. The van der Waals surface area contributed by atoms with Crippen LogP contribution < -0.4 is 0 Å². The largest absolute Gasteiger partial charge is 0.462 e. The number of rotatable bonds is 40. The van der Waals surface area contributed by atoms with E-state index in [1.54, 1.807) is 0 Å². The van der Waals surface area contributed by atoms with Gasteiger partial charge in [-0.05, 0) is 25.2 Å². The van der Waals surface area contributed by atoms with Crippen LogP contribution in [-0.4, -0.2) is 37.2 Å². The first-order chi connectivity index (χ1) is 24.9. The Balaban J connectivity index is 4.22. The number of carbonyl (C=O) groups is 3. The van der Waals surface area contributed by atoms with Crippen LogP contribution in [0.5, 0.6) is 0 Å². The van der Waals surface area contributed by atoms with E-state index in [4.69, 9.17) is 14.2 Å². The van der Waals surface area contributed by atoms with Crippen molar-refractivity contribution in [2.24, 2.45) is 5.92 Å². The molecule has 0 bridgehead atoms. The highest BCUT2D eigenvalue weighted by Crippen LogP contribution is 2.16. The van der Waals surface area contributed by atoms with E-state index >= 15 is 0 Å². The van der Waals surface area contributed by atoms with Crippen LogP contribution in [0.3, 0.4) is 0 Å². The van der Waals surface area contributed by atoms with E-state index in [0.29, 0.717) is 19.3 Å². The first-order valence-electron chi connectivity index (χ1n) is 22.4. The molecule has 0 aliphatic rings. The van der Waals surface area contributed by atoms with Gasteiger partial charge in [0.15, 0.2) is 6.10 Å². The van der Waals surface area contributed by atoms with E-state index in [1.165, 1.54) is 141 Å². The number of ether oxygens (including phenoxy) is 3. The fraction of sp³-hybridized carbons (Fsp3) is 0.933. The highest BCUT2D eigenvalue weighted by molar-refractivity contribution is 5.71. The van der Waals surface area contributed by atoms with Gasteiger partial charge in [-0.3, -0.25) is 14.4 Å². The van der Waals surface area contributed by atoms with Gasteiger partial charge in [-0.15, -0.1) is 0 Å². The average Bonchev–Trinajstić information content (AvgIpc) is 3.11. The van der Waals surface area contributed by atoms with Crippen LogP contribution in [-0.2, 0) is 28.6 Å². The Labute approximate surface area is 317 Å². The maximum absolute atomic E-state index is 12.6. The second-order valence-electron chi connectivity index (χ2n) is 15.8. The minimum Gasteiger partial charge on any atom is -0.462 e. The number of carbonyl (C=O) groups excluding carboxylic acids is 3. The summed E-state index contributed by atoms with van der Waals surface area (Å²) in [5.74, 6) is -0.0229.